The smallest absolute Gasteiger partial charge is 0.252 e. The van der Waals surface area contributed by atoms with Gasteiger partial charge in [0.15, 0.2) is 0 Å². The van der Waals surface area contributed by atoms with Crippen LogP contribution < -0.4 is 20.0 Å². The molecule has 1 amide bonds. The average molecular weight is 470 g/mol. The van der Waals surface area contributed by atoms with Crippen molar-refractivity contribution in [1.82, 2.24) is 19.7 Å². The van der Waals surface area contributed by atoms with Crippen molar-refractivity contribution in [2.24, 2.45) is 17.8 Å². The number of nitrogens with zero attached hydrogens (tertiary/aromatic N) is 6. The van der Waals surface area contributed by atoms with Crippen molar-refractivity contribution in [2.45, 2.75) is 38.5 Å². The van der Waals surface area contributed by atoms with Crippen LogP contribution in [0.25, 0.3) is 0 Å². The van der Waals surface area contributed by atoms with Gasteiger partial charge in [-0.15, -0.1) is 0 Å². The van der Waals surface area contributed by atoms with E-state index in [1.807, 2.05) is 31.1 Å². The summed E-state index contributed by atoms with van der Waals surface area (Å²) in [7, 11) is 3.97. The van der Waals surface area contributed by atoms with Crippen LogP contribution in [0.5, 0.6) is 0 Å². The maximum atomic E-state index is 12.3. The van der Waals surface area contributed by atoms with E-state index in [0.29, 0.717) is 11.5 Å². The van der Waals surface area contributed by atoms with E-state index in [2.05, 4.69) is 29.5 Å². The van der Waals surface area contributed by atoms with E-state index in [4.69, 9.17) is 0 Å². The molecular weight excluding hydrogens is 434 g/mol. The number of aromatic nitrogens is 3. The lowest BCUT2D eigenvalue weighted by Crippen LogP contribution is -2.41. The summed E-state index contributed by atoms with van der Waals surface area (Å²) in [4.78, 5) is 28.3. The number of amides is 1. The minimum atomic E-state index is -0.00234. The molecule has 33 heavy (non-hydrogen) atoms. The molecule has 0 atom stereocenters. The molecular formula is C24H35N7OS. The van der Waals surface area contributed by atoms with Crippen LogP contribution in [-0.2, 0) is 0 Å². The molecule has 178 valence electrons. The van der Waals surface area contributed by atoms with Gasteiger partial charge in [-0.3, -0.25) is 4.79 Å². The van der Waals surface area contributed by atoms with Crippen LogP contribution in [0.15, 0.2) is 18.3 Å². The predicted octanol–water partition coefficient (Wildman–Crippen LogP) is 3.27. The Hall–Kier alpha value is -2.42. The zero-order valence-electron chi connectivity index (χ0n) is 19.7. The topological polar surface area (TPSA) is 77.5 Å². The standard InChI is InChI=1S/C24H35N7OS/c1-29(2)23-27-24(33-28-23)31-13-9-19(10-14-31)18-7-11-30(12-8-18)21-6-5-20(16-25-21)22(32)26-15-17-3-4-17/h5-6,16-19H,3-4,7-15H2,1-2H3,(H,26,32). The van der Waals surface area contributed by atoms with Gasteiger partial charge in [-0.2, -0.15) is 9.36 Å². The molecule has 0 radical (unpaired) electrons. The second-order valence-electron chi connectivity index (χ2n) is 9.98. The van der Waals surface area contributed by atoms with Gasteiger partial charge in [0.2, 0.25) is 11.1 Å². The minimum absolute atomic E-state index is 0.00234. The SMILES string of the molecule is CN(C)c1nsc(N2CCC(C3CCN(c4ccc(C(=O)NCC5CC5)cn4)CC3)CC2)n1. The molecule has 2 saturated heterocycles. The summed E-state index contributed by atoms with van der Waals surface area (Å²) in [5.41, 5.74) is 0.661. The summed E-state index contributed by atoms with van der Waals surface area (Å²) < 4.78 is 4.45. The van der Waals surface area contributed by atoms with E-state index in [1.54, 1.807) is 6.20 Å². The summed E-state index contributed by atoms with van der Waals surface area (Å²) in [6.07, 6.45) is 9.14. The quantitative estimate of drug-likeness (QED) is 0.667. The molecule has 9 heteroatoms. The van der Waals surface area contributed by atoms with Crippen LogP contribution in [-0.4, -0.2) is 67.1 Å². The normalized spacial score (nSPS) is 20.2. The Morgan fingerprint density at radius 1 is 1.03 bits per heavy atom. The third kappa shape index (κ3) is 5.39. The molecule has 3 fully saturated rings. The Morgan fingerprint density at radius 3 is 2.24 bits per heavy atom. The Balaban J connectivity index is 1.07. The number of nitrogens with one attached hydrogen (secondary N) is 1. The lowest BCUT2D eigenvalue weighted by molar-refractivity contribution is 0.0951. The number of carbonyl (C=O) groups excluding carboxylic acids is 1. The number of pyridine rings is 1. The van der Waals surface area contributed by atoms with Crippen molar-refractivity contribution in [1.29, 1.82) is 0 Å². The molecule has 2 aliphatic heterocycles. The summed E-state index contributed by atoms with van der Waals surface area (Å²) >= 11 is 1.51. The first-order chi connectivity index (χ1) is 16.1. The number of hydrogen-bond acceptors (Lipinski definition) is 8. The highest BCUT2D eigenvalue weighted by Crippen LogP contribution is 2.35. The summed E-state index contributed by atoms with van der Waals surface area (Å²) in [5.74, 6) is 4.09. The van der Waals surface area contributed by atoms with Gasteiger partial charge in [0.05, 0.1) is 5.56 Å². The van der Waals surface area contributed by atoms with E-state index >= 15 is 0 Å². The third-order valence-electron chi connectivity index (χ3n) is 7.40. The maximum absolute atomic E-state index is 12.3. The van der Waals surface area contributed by atoms with Crippen LogP contribution in [0, 0.1) is 17.8 Å². The summed E-state index contributed by atoms with van der Waals surface area (Å²) in [5, 5.41) is 4.07. The van der Waals surface area contributed by atoms with Crippen LogP contribution in [0.2, 0.25) is 0 Å². The van der Waals surface area contributed by atoms with Crippen molar-refractivity contribution in [3.05, 3.63) is 23.9 Å². The number of carbonyl (C=O) groups is 1. The highest BCUT2D eigenvalue weighted by atomic mass is 32.1. The Morgan fingerprint density at radius 2 is 1.70 bits per heavy atom. The zero-order valence-corrected chi connectivity index (χ0v) is 20.6. The summed E-state index contributed by atoms with van der Waals surface area (Å²) in [6, 6.07) is 3.93. The van der Waals surface area contributed by atoms with Crippen molar-refractivity contribution in [3.8, 4) is 0 Å². The van der Waals surface area contributed by atoms with E-state index < -0.39 is 0 Å². The first kappa shape index (κ1) is 22.4. The van der Waals surface area contributed by atoms with Gasteiger partial charge in [-0.1, -0.05) is 0 Å². The molecule has 0 spiro atoms. The van der Waals surface area contributed by atoms with E-state index in [0.717, 1.165) is 61.5 Å². The van der Waals surface area contributed by atoms with Gasteiger partial charge < -0.3 is 20.0 Å². The molecule has 2 aromatic heterocycles. The Kier molecular flexibility index (Phi) is 6.66. The fourth-order valence-corrected chi connectivity index (χ4v) is 5.84. The van der Waals surface area contributed by atoms with Gasteiger partial charge in [-0.25, -0.2) is 4.98 Å². The minimum Gasteiger partial charge on any atom is -0.357 e. The van der Waals surface area contributed by atoms with Gasteiger partial charge in [0, 0.05) is 64.5 Å². The monoisotopic (exact) mass is 469 g/mol. The Bertz CT molecular complexity index is 927. The molecule has 2 aromatic rings. The molecule has 1 saturated carbocycles. The fourth-order valence-electron chi connectivity index (χ4n) is 5.05. The first-order valence-corrected chi connectivity index (χ1v) is 13.1. The largest absolute Gasteiger partial charge is 0.357 e. The van der Waals surface area contributed by atoms with Crippen LogP contribution in [0.4, 0.5) is 16.9 Å². The van der Waals surface area contributed by atoms with Gasteiger partial charge in [-0.05, 0) is 68.4 Å². The van der Waals surface area contributed by atoms with E-state index in [1.165, 1.54) is 50.1 Å². The van der Waals surface area contributed by atoms with Gasteiger partial charge >= 0.3 is 0 Å². The average Bonchev–Trinajstić information content (AvgIpc) is 3.55. The number of piperidine rings is 2. The van der Waals surface area contributed by atoms with Crippen LogP contribution in [0.1, 0.15) is 48.9 Å². The lowest BCUT2D eigenvalue weighted by atomic mass is 9.79. The van der Waals surface area contributed by atoms with Gasteiger partial charge in [0.1, 0.15) is 5.82 Å². The molecule has 0 aromatic carbocycles. The lowest BCUT2D eigenvalue weighted by Gasteiger charge is -2.40. The number of anilines is 3. The molecule has 1 N–H and O–H groups in total. The van der Waals surface area contributed by atoms with E-state index in [-0.39, 0.29) is 5.91 Å². The number of rotatable bonds is 7. The molecule has 5 rings (SSSR count). The van der Waals surface area contributed by atoms with Gasteiger partial charge in [0.25, 0.3) is 5.91 Å². The van der Waals surface area contributed by atoms with Crippen molar-refractivity contribution >= 4 is 34.3 Å². The first-order valence-electron chi connectivity index (χ1n) is 12.3. The predicted molar refractivity (Wildman–Crippen MR) is 133 cm³/mol. The molecule has 0 unspecified atom stereocenters. The molecule has 3 aliphatic rings. The highest BCUT2D eigenvalue weighted by Gasteiger charge is 2.31. The van der Waals surface area contributed by atoms with E-state index in [9.17, 15) is 4.79 Å². The fraction of sp³-hybridized carbons (Fsp3) is 0.667. The van der Waals surface area contributed by atoms with Crippen LogP contribution >= 0.6 is 11.5 Å². The molecule has 4 heterocycles. The second kappa shape index (κ2) is 9.83. The van der Waals surface area contributed by atoms with Crippen molar-refractivity contribution in [2.75, 3.05) is 61.5 Å². The molecule has 1 aliphatic carbocycles. The number of hydrogen-bond donors (Lipinski definition) is 1. The molecule has 0 bridgehead atoms. The summed E-state index contributed by atoms with van der Waals surface area (Å²) in [6.45, 7) is 5.06. The maximum Gasteiger partial charge on any atom is 0.252 e. The molecule has 8 nitrogen and oxygen atoms in total. The van der Waals surface area contributed by atoms with Crippen molar-refractivity contribution < 1.29 is 4.79 Å². The second-order valence-corrected chi connectivity index (χ2v) is 10.7. The third-order valence-corrected chi connectivity index (χ3v) is 8.17. The van der Waals surface area contributed by atoms with Crippen LogP contribution in [0.3, 0.4) is 0 Å². The highest BCUT2D eigenvalue weighted by molar-refractivity contribution is 7.09. The zero-order chi connectivity index (χ0) is 22.8. The Labute approximate surface area is 200 Å². The van der Waals surface area contributed by atoms with Crippen molar-refractivity contribution in [3.63, 3.8) is 0 Å².